The van der Waals surface area contributed by atoms with E-state index >= 15 is 0 Å². The molecule has 162 valence electrons. The lowest BCUT2D eigenvalue weighted by Crippen LogP contribution is -2.58. The zero-order valence-electron chi connectivity index (χ0n) is 14.7. The van der Waals surface area contributed by atoms with Gasteiger partial charge in [-0.2, -0.15) is 35.8 Å². The average molecular weight is 440 g/mol. The van der Waals surface area contributed by atoms with E-state index < -0.39 is 29.7 Å². The van der Waals surface area contributed by atoms with Crippen LogP contribution in [0.1, 0.15) is 11.1 Å². The topological polar surface area (TPSA) is 50.7 Å². The van der Waals surface area contributed by atoms with Crippen molar-refractivity contribution in [2.45, 2.75) is 24.6 Å². The Bertz CT molecular complexity index is 911. The van der Waals surface area contributed by atoms with E-state index in [4.69, 9.17) is 4.74 Å². The molecule has 0 heterocycles. The zero-order chi connectivity index (χ0) is 22.6. The smallest absolute Gasteiger partial charge is 0.460 e. The van der Waals surface area contributed by atoms with Gasteiger partial charge in [0.2, 0.25) is 0 Å². The highest BCUT2D eigenvalue weighted by molar-refractivity contribution is 5.88. The number of hydrogen-bond acceptors (Lipinski definition) is 3. The maximum atomic E-state index is 13.2. The Morgan fingerprint density at radius 3 is 2.17 bits per heavy atom. The van der Waals surface area contributed by atoms with Crippen LogP contribution in [0, 0.1) is 5.82 Å². The van der Waals surface area contributed by atoms with Gasteiger partial charge in [-0.15, -0.1) is 0 Å². The van der Waals surface area contributed by atoms with Gasteiger partial charge in [0, 0.05) is 5.56 Å². The minimum Gasteiger partial charge on any atom is -0.488 e. The van der Waals surface area contributed by atoms with Crippen molar-refractivity contribution in [3.05, 3.63) is 65.5 Å². The molecule has 0 saturated heterocycles. The number of hydrogen-bond donors (Lipinski definition) is 1. The van der Waals surface area contributed by atoms with Crippen LogP contribution in [-0.4, -0.2) is 30.1 Å². The van der Waals surface area contributed by atoms with Crippen LogP contribution >= 0.6 is 0 Å². The van der Waals surface area contributed by atoms with Gasteiger partial charge in [0.25, 0.3) is 0 Å². The van der Waals surface area contributed by atoms with Gasteiger partial charge < -0.3 is 4.74 Å². The highest BCUT2D eigenvalue weighted by Crippen LogP contribution is 2.46. The van der Waals surface area contributed by atoms with Gasteiger partial charge >= 0.3 is 23.9 Å². The largest absolute Gasteiger partial charge is 0.488 e. The Labute approximate surface area is 164 Å². The van der Waals surface area contributed by atoms with Gasteiger partial charge in [0.15, 0.2) is 0 Å². The molecule has 0 spiro atoms. The van der Waals surface area contributed by atoms with Crippen LogP contribution in [0.5, 0.6) is 5.75 Å². The first kappa shape index (κ1) is 23.1. The van der Waals surface area contributed by atoms with Gasteiger partial charge in [-0.25, -0.2) is 9.82 Å². The summed E-state index contributed by atoms with van der Waals surface area (Å²) in [7, 11) is 0. The molecular weight excluding hydrogens is 428 g/mol. The molecule has 1 amide bonds. The Kier molecular flexibility index (Phi) is 6.68. The summed E-state index contributed by atoms with van der Waals surface area (Å²) in [5.74, 6) is -16.0. The van der Waals surface area contributed by atoms with Gasteiger partial charge in [-0.05, 0) is 29.8 Å². The number of carbonyl (C=O) groups is 1. The number of para-hydroxylation sites is 1. The number of hydrazone groups is 1. The molecule has 4 nitrogen and oxygen atoms in total. The molecule has 0 bridgehead atoms. The molecule has 0 fully saturated rings. The van der Waals surface area contributed by atoms with Crippen molar-refractivity contribution in [2.75, 3.05) is 0 Å². The maximum absolute atomic E-state index is 13.2. The zero-order valence-corrected chi connectivity index (χ0v) is 14.7. The highest BCUT2D eigenvalue weighted by Gasteiger charge is 2.76. The van der Waals surface area contributed by atoms with E-state index in [2.05, 4.69) is 5.10 Å². The molecule has 0 unspecified atom stereocenters. The number of nitrogens with zero attached hydrogens (tertiary/aromatic N) is 1. The van der Waals surface area contributed by atoms with Crippen molar-refractivity contribution in [3.63, 3.8) is 0 Å². The fourth-order valence-electron chi connectivity index (χ4n) is 2.01. The molecule has 0 aromatic heterocycles. The fourth-order valence-corrected chi connectivity index (χ4v) is 2.01. The Hall–Kier alpha value is -3.18. The molecular formula is C18H12F8N2O2. The number of amides is 1. The van der Waals surface area contributed by atoms with Crippen molar-refractivity contribution >= 4 is 12.1 Å². The molecule has 0 radical (unpaired) electrons. The monoisotopic (exact) mass is 440 g/mol. The second-order valence-electron chi connectivity index (χ2n) is 5.80. The van der Waals surface area contributed by atoms with E-state index in [-0.39, 0.29) is 17.9 Å². The molecule has 0 aliphatic rings. The Balaban J connectivity index is 2.08. The normalized spacial score (nSPS) is 12.8. The Morgan fingerprint density at radius 2 is 1.57 bits per heavy atom. The summed E-state index contributed by atoms with van der Waals surface area (Å²) in [5.41, 5.74) is 1.62. The number of alkyl halides is 7. The van der Waals surface area contributed by atoms with Crippen LogP contribution in [-0.2, 0) is 11.4 Å². The minimum atomic E-state index is -6.64. The summed E-state index contributed by atoms with van der Waals surface area (Å²) in [6.07, 6.45) is -5.92. The van der Waals surface area contributed by atoms with E-state index in [1.807, 2.05) is 0 Å². The van der Waals surface area contributed by atoms with Crippen LogP contribution in [0.3, 0.4) is 0 Å². The molecule has 30 heavy (non-hydrogen) atoms. The second-order valence-corrected chi connectivity index (χ2v) is 5.80. The Morgan fingerprint density at radius 1 is 0.967 bits per heavy atom. The average Bonchev–Trinajstić information content (AvgIpc) is 2.67. The van der Waals surface area contributed by atoms with Crippen molar-refractivity contribution in [1.82, 2.24) is 5.43 Å². The third-order valence-electron chi connectivity index (χ3n) is 3.63. The highest BCUT2D eigenvalue weighted by atomic mass is 19.4. The molecule has 2 rings (SSSR count). The van der Waals surface area contributed by atoms with E-state index in [9.17, 15) is 39.9 Å². The molecule has 0 atom stereocenters. The molecule has 12 heteroatoms. The van der Waals surface area contributed by atoms with Gasteiger partial charge in [0.05, 0.1) is 6.21 Å². The number of ether oxygens (including phenoxy) is 1. The van der Waals surface area contributed by atoms with E-state index in [0.29, 0.717) is 5.56 Å². The van der Waals surface area contributed by atoms with Gasteiger partial charge in [0.1, 0.15) is 18.2 Å². The standard InChI is InChI=1S/C18H12F8N2O2/c19-13-7-5-11(6-8-13)10-30-14-4-2-1-3-12(14)9-27-28-15(29)16(20,21)17(22,23)18(24,25)26/h1-9H,10H2,(H,28,29)/b27-9+. The predicted molar refractivity (Wildman–Crippen MR) is 88.9 cm³/mol. The number of halogens is 8. The van der Waals surface area contributed by atoms with Crippen molar-refractivity contribution in [2.24, 2.45) is 5.10 Å². The van der Waals surface area contributed by atoms with Gasteiger partial charge in [-0.1, -0.05) is 24.3 Å². The minimum absolute atomic E-state index is 0.0344. The van der Waals surface area contributed by atoms with Gasteiger partial charge in [-0.3, -0.25) is 4.79 Å². The van der Waals surface area contributed by atoms with Crippen molar-refractivity contribution < 1.29 is 44.7 Å². The lowest BCUT2D eigenvalue weighted by Gasteiger charge is -2.26. The lowest BCUT2D eigenvalue weighted by molar-refractivity contribution is -0.344. The molecule has 0 saturated carbocycles. The molecule has 2 aromatic rings. The SMILES string of the molecule is O=C(N/N=C/c1ccccc1OCc1ccc(F)cc1)C(F)(F)C(F)(F)C(F)(F)F. The first-order valence-corrected chi connectivity index (χ1v) is 7.98. The van der Waals surface area contributed by atoms with Crippen molar-refractivity contribution in [3.8, 4) is 5.75 Å². The number of nitrogens with one attached hydrogen (secondary N) is 1. The maximum Gasteiger partial charge on any atom is 0.460 e. The third-order valence-corrected chi connectivity index (χ3v) is 3.63. The first-order chi connectivity index (χ1) is 13.9. The van der Waals surface area contributed by atoms with E-state index in [1.54, 1.807) is 0 Å². The van der Waals surface area contributed by atoms with Crippen LogP contribution in [0.25, 0.3) is 0 Å². The molecule has 0 aliphatic heterocycles. The molecule has 1 N–H and O–H groups in total. The lowest BCUT2D eigenvalue weighted by atomic mass is 10.1. The van der Waals surface area contributed by atoms with Crippen LogP contribution in [0.15, 0.2) is 53.6 Å². The number of carbonyl (C=O) groups excluding carboxylic acids is 1. The first-order valence-electron chi connectivity index (χ1n) is 7.98. The molecule has 2 aromatic carbocycles. The summed E-state index contributed by atoms with van der Waals surface area (Å²) in [5, 5.41) is 3.00. The number of rotatable bonds is 7. The number of benzene rings is 2. The van der Waals surface area contributed by atoms with Crippen LogP contribution in [0.4, 0.5) is 35.1 Å². The quantitative estimate of drug-likeness (QED) is 0.386. The summed E-state index contributed by atoms with van der Waals surface area (Å²) in [6, 6.07) is 11.0. The summed E-state index contributed by atoms with van der Waals surface area (Å²) < 4.78 is 107. The predicted octanol–water partition coefficient (Wildman–Crippen LogP) is 4.69. The summed E-state index contributed by atoms with van der Waals surface area (Å²) in [4.78, 5) is 11.2. The van der Waals surface area contributed by atoms with E-state index in [0.717, 1.165) is 11.6 Å². The third kappa shape index (κ3) is 5.05. The van der Waals surface area contributed by atoms with Crippen LogP contribution < -0.4 is 10.2 Å². The van der Waals surface area contributed by atoms with E-state index in [1.165, 1.54) is 48.5 Å². The summed E-state index contributed by atoms with van der Waals surface area (Å²) >= 11 is 0. The van der Waals surface area contributed by atoms with Crippen LogP contribution in [0.2, 0.25) is 0 Å². The molecule has 0 aliphatic carbocycles. The van der Waals surface area contributed by atoms with Crippen molar-refractivity contribution in [1.29, 1.82) is 0 Å². The summed E-state index contributed by atoms with van der Waals surface area (Å²) in [6.45, 7) is -0.0344. The fraction of sp³-hybridized carbons (Fsp3) is 0.222. The second kappa shape index (κ2) is 8.67.